The lowest BCUT2D eigenvalue weighted by Crippen LogP contribution is -2.19. The molecule has 1 aromatic carbocycles. The van der Waals surface area contributed by atoms with Gasteiger partial charge in [0.05, 0.1) is 5.69 Å². The van der Waals surface area contributed by atoms with Crippen LogP contribution >= 0.6 is 0 Å². The summed E-state index contributed by atoms with van der Waals surface area (Å²) in [7, 11) is 0. The van der Waals surface area contributed by atoms with Gasteiger partial charge in [-0.1, -0.05) is 31.2 Å². The summed E-state index contributed by atoms with van der Waals surface area (Å²) in [6.45, 7) is 4.39. The van der Waals surface area contributed by atoms with Gasteiger partial charge in [-0.2, -0.15) is 5.10 Å². The van der Waals surface area contributed by atoms with Crippen LogP contribution in [-0.4, -0.2) is 9.78 Å². The van der Waals surface area contributed by atoms with Gasteiger partial charge in [0, 0.05) is 18.3 Å². The zero-order chi connectivity index (χ0) is 14.1. The van der Waals surface area contributed by atoms with Crippen LogP contribution in [0.1, 0.15) is 49.2 Å². The minimum absolute atomic E-state index is 0.153. The van der Waals surface area contributed by atoms with E-state index in [0.717, 1.165) is 19.3 Å². The van der Waals surface area contributed by atoms with E-state index in [1.54, 1.807) is 0 Å². The van der Waals surface area contributed by atoms with Crippen molar-refractivity contribution in [1.29, 1.82) is 0 Å². The summed E-state index contributed by atoms with van der Waals surface area (Å²) in [4.78, 5) is 0. The molecule has 3 atom stereocenters. The molecule has 3 unspecified atom stereocenters. The van der Waals surface area contributed by atoms with Crippen LogP contribution in [0.25, 0.3) is 0 Å². The van der Waals surface area contributed by atoms with Crippen LogP contribution in [0.4, 0.5) is 0 Å². The number of hydrogen-bond donors (Lipinski definition) is 1. The second-order valence-corrected chi connectivity index (χ2v) is 5.94. The largest absolute Gasteiger partial charge is 0.324 e. The van der Waals surface area contributed by atoms with E-state index >= 15 is 0 Å². The van der Waals surface area contributed by atoms with E-state index in [0.29, 0.717) is 12.0 Å². The lowest BCUT2D eigenvalue weighted by molar-refractivity contribution is 0.441. The molecule has 0 fully saturated rings. The lowest BCUT2D eigenvalue weighted by Gasteiger charge is -2.14. The highest BCUT2D eigenvalue weighted by Crippen LogP contribution is 2.35. The Hall–Kier alpha value is -1.61. The fourth-order valence-electron chi connectivity index (χ4n) is 3.10. The minimum Gasteiger partial charge on any atom is -0.324 e. The second kappa shape index (κ2) is 5.41. The molecule has 1 aromatic heterocycles. The predicted octanol–water partition coefficient (Wildman–Crippen LogP) is 3.27. The molecule has 106 valence electrons. The Morgan fingerprint density at radius 3 is 2.90 bits per heavy atom. The van der Waals surface area contributed by atoms with Gasteiger partial charge in [-0.15, -0.1) is 0 Å². The summed E-state index contributed by atoms with van der Waals surface area (Å²) < 4.78 is 2.07. The Kier molecular flexibility index (Phi) is 3.62. The molecule has 2 N–H and O–H groups in total. The van der Waals surface area contributed by atoms with Gasteiger partial charge in [-0.05, 0) is 49.3 Å². The standard InChI is InChI=1S/C17H23N3/c1-3-12(2)20-9-8-15(19-20)11-14-10-13-6-4-5-7-16(13)17(14)18/h4-9,12,14,17H,3,10-11,18H2,1-2H3. The molecular formula is C17H23N3. The smallest absolute Gasteiger partial charge is 0.0628 e. The molecule has 3 rings (SSSR count). The molecule has 0 bridgehead atoms. The molecule has 0 saturated heterocycles. The van der Waals surface area contributed by atoms with Gasteiger partial charge in [0.1, 0.15) is 0 Å². The van der Waals surface area contributed by atoms with Crippen molar-refractivity contribution in [2.45, 2.75) is 45.2 Å². The van der Waals surface area contributed by atoms with Gasteiger partial charge >= 0.3 is 0 Å². The van der Waals surface area contributed by atoms with Crippen LogP contribution < -0.4 is 5.73 Å². The topological polar surface area (TPSA) is 43.8 Å². The highest BCUT2D eigenvalue weighted by Gasteiger charge is 2.29. The first-order valence-corrected chi connectivity index (χ1v) is 7.56. The van der Waals surface area contributed by atoms with Gasteiger partial charge in [-0.3, -0.25) is 4.68 Å². The quantitative estimate of drug-likeness (QED) is 0.925. The molecule has 0 aliphatic heterocycles. The van der Waals surface area contributed by atoms with Crippen LogP contribution in [0.5, 0.6) is 0 Å². The molecule has 0 saturated carbocycles. The van der Waals surface area contributed by atoms with Crippen molar-refractivity contribution in [2.24, 2.45) is 11.7 Å². The van der Waals surface area contributed by atoms with Crippen molar-refractivity contribution in [3.05, 3.63) is 53.3 Å². The first-order valence-electron chi connectivity index (χ1n) is 7.56. The highest BCUT2D eigenvalue weighted by atomic mass is 15.3. The predicted molar refractivity (Wildman–Crippen MR) is 81.5 cm³/mol. The number of aromatic nitrogens is 2. The molecule has 1 aliphatic rings. The van der Waals surface area contributed by atoms with Crippen molar-refractivity contribution >= 4 is 0 Å². The first kappa shape index (κ1) is 13.4. The molecule has 0 spiro atoms. The third kappa shape index (κ3) is 2.38. The summed E-state index contributed by atoms with van der Waals surface area (Å²) in [6.07, 6.45) is 5.25. The minimum atomic E-state index is 0.153. The van der Waals surface area contributed by atoms with Crippen molar-refractivity contribution in [3.8, 4) is 0 Å². The summed E-state index contributed by atoms with van der Waals surface area (Å²) in [6, 6.07) is 11.3. The molecule has 2 aromatic rings. The molecule has 0 amide bonds. The summed E-state index contributed by atoms with van der Waals surface area (Å²) in [5.74, 6) is 0.479. The van der Waals surface area contributed by atoms with Crippen LogP contribution in [-0.2, 0) is 12.8 Å². The second-order valence-electron chi connectivity index (χ2n) is 5.94. The average Bonchev–Trinajstić information content (AvgIpc) is 3.05. The van der Waals surface area contributed by atoms with Crippen LogP contribution in [0.3, 0.4) is 0 Å². The maximum atomic E-state index is 6.40. The van der Waals surface area contributed by atoms with Gasteiger partial charge in [0.15, 0.2) is 0 Å². The highest BCUT2D eigenvalue weighted by molar-refractivity contribution is 5.35. The van der Waals surface area contributed by atoms with Gasteiger partial charge in [0.25, 0.3) is 0 Å². The van der Waals surface area contributed by atoms with E-state index in [4.69, 9.17) is 10.8 Å². The van der Waals surface area contributed by atoms with Crippen LogP contribution in [0.2, 0.25) is 0 Å². The number of nitrogens with two attached hydrogens (primary N) is 1. The molecule has 1 aliphatic carbocycles. The third-order valence-electron chi connectivity index (χ3n) is 4.58. The van der Waals surface area contributed by atoms with E-state index in [2.05, 4.69) is 55.1 Å². The summed E-state index contributed by atoms with van der Waals surface area (Å²) >= 11 is 0. The number of nitrogens with zero attached hydrogens (tertiary/aromatic N) is 2. The van der Waals surface area contributed by atoms with E-state index in [1.807, 2.05) is 0 Å². The van der Waals surface area contributed by atoms with E-state index in [9.17, 15) is 0 Å². The monoisotopic (exact) mass is 269 g/mol. The van der Waals surface area contributed by atoms with Crippen molar-refractivity contribution < 1.29 is 0 Å². The zero-order valence-electron chi connectivity index (χ0n) is 12.3. The summed E-state index contributed by atoms with van der Waals surface area (Å²) in [5, 5.41) is 4.70. The number of benzene rings is 1. The fraction of sp³-hybridized carbons (Fsp3) is 0.471. The van der Waals surface area contributed by atoms with E-state index in [1.165, 1.54) is 16.8 Å². The lowest BCUT2D eigenvalue weighted by atomic mass is 9.96. The Bertz CT molecular complexity index is 587. The maximum absolute atomic E-state index is 6.40. The van der Waals surface area contributed by atoms with E-state index in [-0.39, 0.29) is 6.04 Å². The normalized spacial score (nSPS) is 22.8. The molecule has 0 radical (unpaired) electrons. The van der Waals surface area contributed by atoms with Gasteiger partial charge in [-0.25, -0.2) is 0 Å². The zero-order valence-corrected chi connectivity index (χ0v) is 12.3. The first-order chi connectivity index (χ1) is 9.69. The molecule has 20 heavy (non-hydrogen) atoms. The summed E-state index contributed by atoms with van der Waals surface area (Å²) in [5.41, 5.74) is 10.3. The van der Waals surface area contributed by atoms with Crippen LogP contribution in [0, 0.1) is 5.92 Å². The molecular weight excluding hydrogens is 246 g/mol. The molecule has 1 heterocycles. The Labute approximate surface area is 120 Å². The van der Waals surface area contributed by atoms with E-state index < -0.39 is 0 Å². The van der Waals surface area contributed by atoms with Crippen LogP contribution in [0.15, 0.2) is 36.5 Å². The number of hydrogen-bond acceptors (Lipinski definition) is 2. The maximum Gasteiger partial charge on any atom is 0.0628 e. The third-order valence-corrected chi connectivity index (χ3v) is 4.58. The SMILES string of the molecule is CCC(C)n1ccc(CC2Cc3ccccc3C2N)n1. The number of rotatable bonds is 4. The van der Waals surface area contributed by atoms with Gasteiger partial charge in [0.2, 0.25) is 0 Å². The molecule has 3 nitrogen and oxygen atoms in total. The van der Waals surface area contributed by atoms with Crippen molar-refractivity contribution in [3.63, 3.8) is 0 Å². The Morgan fingerprint density at radius 1 is 1.35 bits per heavy atom. The molecule has 3 heteroatoms. The Balaban J connectivity index is 1.72. The Morgan fingerprint density at radius 2 is 2.15 bits per heavy atom. The van der Waals surface area contributed by atoms with Crippen molar-refractivity contribution in [2.75, 3.05) is 0 Å². The van der Waals surface area contributed by atoms with Crippen molar-refractivity contribution in [1.82, 2.24) is 9.78 Å². The fourth-order valence-corrected chi connectivity index (χ4v) is 3.10. The average molecular weight is 269 g/mol. The number of fused-ring (bicyclic) bond motifs is 1. The van der Waals surface area contributed by atoms with Gasteiger partial charge < -0.3 is 5.73 Å².